The van der Waals surface area contributed by atoms with Crippen LogP contribution in [-0.2, 0) is 0 Å². The van der Waals surface area contributed by atoms with Gasteiger partial charge in [-0.1, -0.05) is 0 Å². The van der Waals surface area contributed by atoms with Crippen molar-refractivity contribution in [2.75, 3.05) is 12.4 Å². The third-order valence-electron chi connectivity index (χ3n) is 3.87. The van der Waals surface area contributed by atoms with E-state index >= 15 is 0 Å². The van der Waals surface area contributed by atoms with Crippen molar-refractivity contribution in [3.05, 3.63) is 54.9 Å². The zero-order chi connectivity index (χ0) is 15.8. The minimum absolute atomic E-state index is 0.0818. The van der Waals surface area contributed by atoms with Crippen LogP contribution in [0, 0.1) is 0 Å². The number of nitrogens with zero attached hydrogens (tertiary/aromatic N) is 1. The van der Waals surface area contributed by atoms with Crippen LogP contribution in [0.1, 0.15) is 0 Å². The maximum Gasteiger partial charge on any atom is 0.161 e. The lowest BCUT2D eigenvalue weighted by atomic mass is 10.1. The first kappa shape index (κ1) is 13.5. The molecule has 0 unspecified atom stereocenters. The van der Waals surface area contributed by atoms with E-state index in [0.717, 1.165) is 27.7 Å². The number of benzene rings is 2. The van der Waals surface area contributed by atoms with Crippen LogP contribution in [0.2, 0.25) is 0 Å². The molecule has 0 saturated carbocycles. The van der Waals surface area contributed by atoms with E-state index < -0.39 is 0 Å². The molecular weight excluding hydrogens is 290 g/mol. The zero-order valence-corrected chi connectivity index (χ0v) is 12.5. The van der Waals surface area contributed by atoms with Crippen molar-refractivity contribution < 1.29 is 9.84 Å². The van der Waals surface area contributed by atoms with Crippen molar-refractivity contribution in [3.8, 4) is 11.5 Å². The Bertz CT molecular complexity index is 1010. The Morgan fingerprint density at radius 2 is 2.04 bits per heavy atom. The van der Waals surface area contributed by atoms with E-state index in [9.17, 15) is 5.11 Å². The average Bonchev–Trinajstić information content (AvgIpc) is 3.02. The maximum absolute atomic E-state index is 9.89. The summed E-state index contributed by atoms with van der Waals surface area (Å²) in [6.07, 6.45) is 3.63. The van der Waals surface area contributed by atoms with Crippen LogP contribution in [0.15, 0.2) is 54.9 Å². The van der Waals surface area contributed by atoms with Gasteiger partial charge >= 0.3 is 0 Å². The van der Waals surface area contributed by atoms with Gasteiger partial charge in [0.25, 0.3) is 0 Å². The average molecular weight is 305 g/mol. The topological polar surface area (TPSA) is 70.2 Å². The Labute approximate surface area is 132 Å². The molecule has 5 nitrogen and oxygen atoms in total. The number of hydrogen-bond donors (Lipinski definition) is 3. The van der Waals surface area contributed by atoms with Crippen LogP contribution in [0.25, 0.3) is 21.8 Å². The summed E-state index contributed by atoms with van der Waals surface area (Å²) in [5, 5.41) is 15.3. The summed E-state index contributed by atoms with van der Waals surface area (Å²) in [5.41, 5.74) is 3.69. The van der Waals surface area contributed by atoms with Gasteiger partial charge < -0.3 is 20.1 Å². The van der Waals surface area contributed by atoms with Crippen LogP contribution in [0.3, 0.4) is 0 Å². The molecule has 23 heavy (non-hydrogen) atoms. The van der Waals surface area contributed by atoms with Crippen LogP contribution in [0.5, 0.6) is 11.5 Å². The largest absolute Gasteiger partial charge is 0.504 e. The maximum atomic E-state index is 9.89. The van der Waals surface area contributed by atoms with Crippen molar-refractivity contribution in [1.29, 1.82) is 0 Å². The first-order valence-electron chi connectivity index (χ1n) is 7.24. The van der Waals surface area contributed by atoms with E-state index in [1.54, 1.807) is 18.3 Å². The molecule has 0 bridgehead atoms. The van der Waals surface area contributed by atoms with Gasteiger partial charge in [-0.2, -0.15) is 0 Å². The summed E-state index contributed by atoms with van der Waals surface area (Å²) in [6, 6.07) is 13.5. The zero-order valence-electron chi connectivity index (χ0n) is 12.5. The molecule has 0 saturated heterocycles. The third-order valence-corrected chi connectivity index (χ3v) is 3.87. The Morgan fingerprint density at radius 1 is 1.13 bits per heavy atom. The minimum atomic E-state index is 0.0818. The highest BCUT2D eigenvalue weighted by Crippen LogP contribution is 2.34. The lowest BCUT2D eigenvalue weighted by Crippen LogP contribution is -1.93. The van der Waals surface area contributed by atoms with Crippen LogP contribution in [0.4, 0.5) is 11.4 Å². The van der Waals surface area contributed by atoms with Gasteiger partial charge in [0.1, 0.15) is 0 Å². The Kier molecular flexibility index (Phi) is 3.05. The number of anilines is 2. The van der Waals surface area contributed by atoms with E-state index in [1.807, 2.05) is 30.5 Å². The van der Waals surface area contributed by atoms with Crippen LogP contribution in [-0.4, -0.2) is 22.2 Å². The van der Waals surface area contributed by atoms with Gasteiger partial charge in [-0.15, -0.1) is 0 Å². The van der Waals surface area contributed by atoms with Gasteiger partial charge in [0, 0.05) is 46.1 Å². The minimum Gasteiger partial charge on any atom is -0.504 e. The molecule has 0 aliphatic carbocycles. The molecule has 2 aromatic heterocycles. The van der Waals surface area contributed by atoms with Crippen molar-refractivity contribution >= 4 is 33.2 Å². The summed E-state index contributed by atoms with van der Waals surface area (Å²) >= 11 is 0. The first-order valence-corrected chi connectivity index (χ1v) is 7.24. The lowest BCUT2D eigenvalue weighted by molar-refractivity contribution is 0.374. The van der Waals surface area contributed by atoms with E-state index in [1.165, 1.54) is 7.11 Å². The lowest BCUT2D eigenvalue weighted by Gasteiger charge is -2.11. The number of phenols is 1. The molecule has 4 rings (SSSR count). The predicted octanol–water partition coefficient (Wildman–Crippen LogP) is 4.17. The molecule has 0 aliphatic heterocycles. The number of aromatic amines is 1. The number of rotatable bonds is 3. The molecule has 0 spiro atoms. The first-order chi connectivity index (χ1) is 11.2. The van der Waals surface area contributed by atoms with Gasteiger partial charge in [-0.25, -0.2) is 0 Å². The highest BCUT2D eigenvalue weighted by atomic mass is 16.5. The Morgan fingerprint density at radius 3 is 2.91 bits per heavy atom. The van der Waals surface area contributed by atoms with Crippen molar-refractivity contribution in [1.82, 2.24) is 9.97 Å². The molecule has 0 fully saturated rings. The van der Waals surface area contributed by atoms with Gasteiger partial charge in [-0.3, -0.25) is 4.98 Å². The number of aromatic hydroxyl groups is 1. The molecule has 0 aliphatic rings. The van der Waals surface area contributed by atoms with Crippen LogP contribution < -0.4 is 10.1 Å². The highest BCUT2D eigenvalue weighted by molar-refractivity contribution is 5.95. The van der Waals surface area contributed by atoms with E-state index in [4.69, 9.17) is 4.74 Å². The quantitative estimate of drug-likeness (QED) is 0.531. The second-order valence-electron chi connectivity index (χ2n) is 5.30. The number of aromatic nitrogens is 2. The number of fused-ring (bicyclic) bond motifs is 2. The van der Waals surface area contributed by atoms with Crippen molar-refractivity contribution in [3.63, 3.8) is 0 Å². The second-order valence-corrected chi connectivity index (χ2v) is 5.30. The van der Waals surface area contributed by atoms with Crippen molar-refractivity contribution in [2.45, 2.75) is 0 Å². The van der Waals surface area contributed by atoms with Gasteiger partial charge in [0.05, 0.1) is 12.6 Å². The van der Waals surface area contributed by atoms with E-state index in [-0.39, 0.29) is 5.75 Å². The molecule has 2 aromatic carbocycles. The molecule has 0 atom stereocenters. The monoisotopic (exact) mass is 305 g/mol. The smallest absolute Gasteiger partial charge is 0.161 e. The normalized spacial score (nSPS) is 11.0. The fraction of sp³-hybridized carbons (Fsp3) is 0.0556. The number of pyridine rings is 1. The predicted molar refractivity (Wildman–Crippen MR) is 91.5 cm³/mol. The molecule has 3 N–H and O–H groups in total. The summed E-state index contributed by atoms with van der Waals surface area (Å²) in [7, 11) is 1.53. The number of hydrogen-bond acceptors (Lipinski definition) is 4. The molecule has 0 radical (unpaired) electrons. The number of phenolic OH excluding ortho intramolecular Hbond substituents is 1. The van der Waals surface area contributed by atoms with E-state index in [2.05, 4.69) is 21.4 Å². The Balaban J connectivity index is 1.81. The van der Waals surface area contributed by atoms with E-state index in [0.29, 0.717) is 11.3 Å². The van der Waals surface area contributed by atoms with Crippen LogP contribution >= 0.6 is 0 Å². The molecule has 114 valence electrons. The molecule has 5 heteroatoms. The SMILES string of the molecule is COc1cc2c(Nc3ccc4[nH]ccc4c3)ccnc2cc1O. The third kappa shape index (κ3) is 2.32. The fourth-order valence-electron chi connectivity index (χ4n) is 2.72. The number of ether oxygens (including phenoxy) is 1. The summed E-state index contributed by atoms with van der Waals surface area (Å²) in [5.74, 6) is 0.507. The second kappa shape index (κ2) is 5.21. The number of methoxy groups -OCH3 is 1. The Hall–Kier alpha value is -3.21. The fourth-order valence-corrected chi connectivity index (χ4v) is 2.72. The number of nitrogens with one attached hydrogen (secondary N) is 2. The molecule has 0 amide bonds. The highest BCUT2D eigenvalue weighted by Gasteiger charge is 2.09. The number of H-pyrrole nitrogens is 1. The summed E-state index contributed by atoms with van der Waals surface area (Å²) in [6.45, 7) is 0. The van der Waals surface area contributed by atoms with Gasteiger partial charge in [0.15, 0.2) is 11.5 Å². The van der Waals surface area contributed by atoms with Crippen molar-refractivity contribution in [2.24, 2.45) is 0 Å². The summed E-state index contributed by atoms with van der Waals surface area (Å²) in [4.78, 5) is 7.48. The van der Waals surface area contributed by atoms with Gasteiger partial charge in [0.2, 0.25) is 0 Å². The molecule has 4 aromatic rings. The standard InChI is InChI=1S/C18H15N3O2/c1-23-18-9-13-15(5-7-20-16(13)10-17(18)22)21-12-2-3-14-11(8-12)4-6-19-14/h2-10,19,22H,1H3,(H,20,21). The summed E-state index contributed by atoms with van der Waals surface area (Å²) < 4.78 is 5.20. The van der Waals surface area contributed by atoms with Gasteiger partial charge in [-0.05, 0) is 36.4 Å². The molecule has 2 heterocycles. The molecular formula is C18H15N3O2.